The molecule has 2 aliphatic heterocycles. The maximum atomic E-state index is 12.7. The Morgan fingerprint density at radius 3 is 2.43 bits per heavy atom. The van der Waals surface area contributed by atoms with Crippen LogP contribution in [0.15, 0.2) is 42.6 Å². The van der Waals surface area contributed by atoms with E-state index in [1.807, 2.05) is 35.2 Å². The number of anilines is 2. The zero-order valence-electron chi connectivity index (χ0n) is 16.7. The Labute approximate surface area is 166 Å². The minimum Gasteiger partial charge on any atom is -0.495 e. The van der Waals surface area contributed by atoms with Crippen molar-refractivity contribution < 1.29 is 9.53 Å². The van der Waals surface area contributed by atoms with Crippen LogP contribution in [0.5, 0.6) is 5.75 Å². The number of methoxy groups -OCH3 is 1. The normalized spacial score (nSPS) is 19.8. The summed E-state index contributed by atoms with van der Waals surface area (Å²) in [6.07, 6.45) is 3.91. The molecule has 3 heterocycles. The van der Waals surface area contributed by atoms with Gasteiger partial charge in [0.25, 0.3) is 5.91 Å². The first-order valence-corrected chi connectivity index (χ1v) is 10.1. The molecule has 2 aromatic rings. The standard InChI is InChI=1S/C22H28N4O2/c1-17-6-5-11-26(17)22(27)18-9-10-21(23-16-18)25-14-12-24(13-15-25)19-7-3-4-8-20(19)28-2/h3-4,7-10,16-17H,5-6,11-15H2,1-2H3. The van der Waals surface area contributed by atoms with E-state index >= 15 is 0 Å². The molecule has 1 unspecified atom stereocenters. The summed E-state index contributed by atoms with van der Waals surface area (Å²) < 4.78 is 5.49. The average Bonchev–Trinajstić information content (AvgIpc) is 3.19. The molecule has 1 aromatic heterocycles. The van der Waals surface area contributed by atoms with E-state index in [-0.39, 0.29) is 5.91 Å². The number of ether oxygens (including phenoxy) is 1. The molecule has 0 spiro atoms. The number of hydrogen-bond acceptors (Lipinski definition) is 5. The van der Waals surface area contributed by atoms with E-state index in [1.54, 1.807) is 13.3 Å². The minimum absolute atomic E-state index is 0.102. The van der Waals surface area contributed by atoms with Crippen LogP contribution in [-0.2, 0) is 0 Å². The second-order valence-electron chi connectivity index (χ2n) is 7.54. The number of nitrogens with zero attached hydrogens (tertiary/aromatic N) is 4. The van der Waals surface area contributed by atoms with E-state index in [9.17, 15) is 4.79 Å². The van der Waals surface area contributed by atoms with Gasteiger partial charge in [-0.25, -0.2) is 4.98 Å². The Morgan fingerprint density at radius 2 is 1.79 bits per heavy atom. The average molecular weight is 380 g/mol. The Balaban J connectivity index is 1.39. The molecule has 28 heavy (non-hydrogen) atoms. The summed E-state index contributed by atoms with van der Waals surface area (Å²) in [6, 6.07) is 12.4. The number of likely N-dealkylation sites (tertiary alicyclic amines) is 1. The molecule has 1 aromatic carbocycles. The molecule has 1 amide bonds. The first kappa shape index (κ1) is 18.6. The SMILES string of the molecule is COc1ccccc1N1CCN(c2ccc(C(=O)N3CCCC3C)cn2)CC1. The number of para-hydroxylation sites is 2. The van der Waals surface area contributed by atoms with Crippen molar-refractivity contribution in [1.82, 2.24) is 9.88 Å². The quantitative estimate of drug-likeness (QED) is 0.816. The van der Waals surface area contributed by atoms with Crippen molar-refractivity contribution in [2.45, 2.75) is 25.8 Å². The lowest BCUT2D eigenvalue weighted by Crippen LogP contribution is -2.47. The first-order chi connectivity index (χ1) is 13.7. The van der Waals surface area contributed by atoms with Gasteiger partial charge in [0.15, 0.2) is 0 Å². The van der Waals surface area contributed by atoms with Crippen LogP contribution in [0.25, 0.3) is 0 Å². The molecule has 4 rings (SSSR count). The summed E-state index contributed by atoms with van der Waals surface area (Å²) in [4.78, 5) is 23.8. The van der Waals surface area contributed by atoms with Crippen molar-refractivity contribution in [2.24, 2.45) is 0 Å². The van der Waals surface area contributed by atoms with Crippen LogP contribution >= 0.6 is 0 Å². The van der Waals surface area contributed by atoms with Gasteiger partial charge in [-0.3, -0.25) is 4.79 Å². The van der Waals surface area contributed by atoms with Crippen molar-refractivity contribution in [3.05, 3.63) is 48.2 Å². The van der Waals surface area contributed by atoms with Gasteiger partial charge >= 0.3 is 0 Å². The third kappa shape index (κ3) is 3.63. The molecule has 148 valence electrons. The molecule has 6 nitrogen and oxygen atoms in total. The number of amides is 1. The summed E-state index contributed by atoms with van der Waals surface area (Å²) in [5.74, 6) is 1.95. The van der Waals surface area contributed by atoms with E-state index in [1.165, 1.54) is 0 Å². The third-order valence-electron chi connectivity index (χ3n) is 5.84. The second kappa shape index (κ2) is 8.09. The van der Waals surface area contributed by atoms with Gasteiger partial charge in [0.2, 0.25) is 0 Å². The Bertz CT molecular complexity index is 816. The molecular weight excluding hydrogens is 352 g/mol. The highest BCUT2D eigenvalue weighted by Gasteiger charge is 2.26. The molecule has 2 saturated heterocycles. The topological polar surface area (TPSA) is 48.9 Å². The zero-order chi connectivity index (χ0) is 19.5. The van der Waals surface area contributed by atoms with Gasteiger partial charge in [0, 0.05) is 45.0 Å². The molecule has 0 radical (unpaired) electrons. The second-order valence-corrected chi connectivity index (χ2v) is 7.54. The van der Waals surface area contributed by atoms with Gasteiger partial charge in [0.1, 0.15) is 11.6 Å². The van der Waals surface area contributed by atoms with Crippen LogP contribution < -0.4 is 14.5 Å². The zero-order valence-corrected chi connectivity index (χ0v) is 16.7. The lowest BCUT2D eigenvalue weighted by molar-refractivity contribution is 0.0747. The number of aromatic nitrogens is 1. The van der Waals surface area contributed by atoms with Gasteiger partial charge in [0.05, 0.1) is 18.4 Å². The summed E-state index contributed by atoms with van der Waals surface area (Å²) in [6.45, 7) is 6.58. The minimum atomic E-state index is 0.102. The maximum Gasteiger partial charge on any atom is 0.255 e. The van der Waals surface area contributed by atoms with Crippen LogP contribution in [0, 0.1) is 0 Å². The van der Waals surface area contributed by atoms with E-state index < -0.39 is 0 Å². The molecule has 2 fully saturated rings. The number of carbonyl (C=O) groups excluding carboxylic acids is 1. The molecule has 0 saturated carbocycles. The number of benzene rings is 1. The highest BCUT2D eigenvalue weighted by atomic mass is 16.5. The smallest absolute Gasteiger partial charge is 0.255 e. The lowest BCUT2D eigenvalue weighted by atomic mass is 10.2. The molecule has 0 aliphatic carbocycles. The predicted molar refractivity (Wildman–Crippen MR) is 111 cm³/mol. The van der Waals surface area contributed by atoms with Gasteiger partial charge in [-0.1, -0.05) is 12.1 Å². The number of piperazine rings is 1. The summed E-state index contributed by atoms with van der Waals surface area (Å²) >= 11 is 0. The van der Waals surface area contributed by atoms with Crippen molar-refractivity contribution in [1.29, 1.82) is 0 Å². The monoisotopic (exact) mass is 380 g/mol. The first-order valence-electron chi connectivity index (χ1n) is 10.1. The highest BCUT2D eigenvalue weighted by Crippen LogP contribution is 2.29. The van der Waals surface area contributed by atoms with Crippen molar-refractivity contribution in [3.63, 3.8) is 0 Å². The van der Waals surface area contributed by atoms with Crippen LogP contribution in [0.3, 0.4) is 0 Å². The van der Waals surface area contributed by atoms with Gasteiger partial charge in [-0.15, -0.1) is 0 Å². The summed E-state index contributed by atoms with van der Waals surface area (Å²) in [5, 5.41) is 0. The fourth-order valence-corrected chi connectivity index (χ4v) is 4.17. The maximum absolute atomic E-state index is 12.7. The Hall–Kier alpha value is -2.76. The largest absolute Gasteiger partial charge is 0.495 e. The molecule has 6 heteroatoms. The van der Waals surface area contributed by atoms with E-state index in [0.29, 0.717) is 11.6 Å². The van der Waals surface area contributed by atoms with E-state index in [0.717, 1.165) is 62.8 Å². The van der Waals surface area contributed by atoms with Crippen LogP contribution in [-0.4, -0.2) is 61.7 Å². The predicted octanol–water partition coefficient (Wildman–Crippen LogP) is 3.04. The van der Waals surface area contributed by atoms with Gasteiger partial charge in [-0.05, 0) is 44.0 Å². The summed E-state index contributed by atoms with van der Waals surface area (Å²) in [7, 11) is 1.71. The number of rotatable bonds is 4. The highest BCUT2D eigenvalue weighted by molar-refractivity contribution is 5.94. The lowest BCUT2D eigenvalue weighted by Gasteiger charge is -2.37. The number of pyridine rings is 1. The van der Waals surface area contributed by atoms with Gasteiger partial charge < -0.3 is 19.4 Å². The van der Waals surface area contributed by atoms with Crippen LogP contribution in [0.4, 0.5) is 11.5 Å². The number of carbonyl (C=O) groups is 1. The molecule has 2 aliphatic rings. The Morgan fingerprint density at radius 1 is 1.04 bits per heavy atom. The van der Waals surface area contributed by atoms with Crippen LogP contribution in [0.2, 0.25) is 0 Å². The van der Waals surface area contributed by atoms with Gasteiger partial charge in [-0.2, -0.15) is 0 Å². The van der Waals surface area contributed by atoms with Crippen molar-refractivity contribution in [2.75, 3.05) is 49.6 Å². The molecule has 1 atom stereocenters. The molecule has 0 N–H and O–H groups in total. The third-order valence-corrected chi connectivity index (χ3v) is 5.84. The molecule has 0 bridgehead atoms. The summed E-state index contributed by atoms with van der Waals surface area (Å²) in [5.41, 5.74) is 1.82. The fraction of sp³-hybridized carbons (Fsp3) is 0.455. The molecular formula is C22H28N4O2. The van der Waals surface area contributed by atoms with E-state index in [4.69, 9.17) is 4.74 Å². The van der Waals surface area contributed by atoms with Crippen LogP contribution in [0.1, 0.15) is 30.1 Å². The van der Waals surface area contributed by atoms with E-state index in [2.05, 4.69) is 27.8 Å². The van der Waals surface area contributed by atoms with Crippen molar-refractivity contribution >= 4 is 17.4 Å². The van der Waals surface area contributed by atoms with Crippen molar-refractivity contribution in [3.8, 4) is 5.75 Å². The Kier molecular flexibility index (Phi) is 5.37. The number of hydrogen-bond donors (Lipinski definition) is 0. The fourth-order valence-electron chi connectivity index (χ4n) is 4.17.